The lowest BCUT2D eigenvalue weighted by molar-refractivity contribution is -0.172. The SMILES string of the molecule is CC(O)C(NC(=O)C1=CC2OC3(Cc4ccccc4C3)OC2C(OC(=O)c2ccccc2C=CC(=O)OC2C(=O)OCC2(C)C)C1)C(=O)NCCO. The number of hydrogen-bond acceptors (Lipinski definition) is 12. The van der Waals surface area contributed by atoms with Crippen molar-refractivity contribution in [3.8, 4) is 0 Å². The molecule has 6 unspecified atom stereocenters. The molecule has 2 saturated heterocycles. The summed E-state index contributed by atoms with van der Waals surface area (Å²) >= 11 is 0. The maximum Gasteiger partial charge on any atom is 0.348 e. The van der Waals surface area contributed by atoms with Crippen LogP contribution >= 0.6 is 0 Å². The fourth-order valence-corrected chi connectivity index (χ4v) is 6.87. The molecular formula is C38H42N2O12. The van der Waals surface area contributed by atoms with Crippen LogP contribution in [0.1, 0.15) is 54.2 Å². The third-order valence-electron chi connectivity index (χ3n) is 9.55. The molecule has 2 aromatic carbocycles. The van der Waals surface area contributed by atoms with E-state index in [4.69, 9.17) is 28.8 Å². The summed E-state index contributed by atoms with van der Waals surface area (Å²) in [6, 6.07) is 12.9. The van der Waals surface area contributed by atoms with E-state index >= 15 is 0 Å². The predicted molar refractivity (Wildman–Crippen MR) is 182 cm³/mol. The molecule has 2 heterocycles. The number of amides is 2. The number of esters is 3. The van der Waals surface area contributed by atoms with Crippen molar-refractivity contribution in [2.24, 2.45) is 5.41 Å². The van der Waals surface area contributed by atoms with Gasteiger partial charge in [-0.25, -0.2) is 14.4 Å². The molecular weight excluding hydrogens is 676 g/mol. The number of aliphatic hydroxyl groups excluding tert-OH is 2. The molecule has 0 bridgehead atoms. The Morgan fingerprint density at radius 1 is 1.02 bits per heavy atom. The molecule has 276 valence electrons. The van der Waals surface area contributed by atoms with E-state index in [1.165, 1.54) is 19.1 Å². The molecule has 6 rings (SSSR count). The van der Waals surface area contributed by atoms with E-state index in [-0.39, 0.29) is 37.3 Å². The molecule has 52 heavy (non-hydrogen) atoms. The zero-order valence-corrected chi connectivity index (χ0v) is 29.0. The summed E-state index contributed by atoms with van der Waals surface area (Å²) in [5.41, 5.74) is 2.01. The van der Waals surface area contributed by atoms with Gasteiger partial charge in [-0.1, -0.05) is 56.3 Å². The second-order valence-electron chi connectivity index (χ2n) is 14.1. The smallest absolute Gasteiger partial charge is 0.348 e. The molecule has 0 aromatic heterocycles. The van der Waals surface area contributed by atoms with Crippen LogP contribution in [0.5, 0.6) is 0 Å². The minimum Gasteiger partial charge on any atom is -0.462 e. The summed E-state index contributed by atoms with van der Waals surface area (Å²) in [5, 5.41) is 24.4. The number of cyclic esters (lactones) is 1. The summed E-state index contributed by atoms with van der Waals surface area (Å²) in [6.07, 6.45) is -0.0665. The van der Waals surface area contributed by atoms with Crippen molar-refractivity contribution >= 4 is 35.8 Å². The van der Waals surface area contributed by atoms with Crippen molar-refractivity contribution in [3.63, 3.8) is 0 Å². The van der Waals surface area contributed by atoms with Crippen LogP contribution in [0.25, 0.3) is 6.08 Å². The summed E-state index contributed by atoms with van der Waals surface area (Å²) in [4.78, 5) is 64.9. The van der Waals surface area contributed by atoms with Crippen LogP contribution in [0.4, 0.5) is 0 Å². The highest BCUT2D eigenvalue weighted by atomic mass is 16.8. The van der Waals surface area contributed by atoms with Crippen LogP contribution in [0.2, 0.25) is 0 Å². The van der Waals surface area contributed by atoms with Gasteiger partial charge < -0.3 is 44.5 Å². The Bertz CT molecular complexity index is 1770. The Kier molecular flexibility index (Phi) is 10.6. The molecule has 0 radical (unpaired) electrons. The number of ether oxygens (including phenoxy) is 5. The highest BCUT2D eigenvalue weighted by molar-refractivity contribution is 5.98. The third kappa shape index (κ3) is 7.80. The van der Waals surface area contributed by atoms with Gasteiger partial charge in [0.15, 0.2) is 5.79 Å². The maximum absolute atomic E-state index is 13.8. The predicted octanol–water partition coefficient (Wildman–Crippen LogP) is 1.30. The van der Waals surface area contributed by atoms with E-state index in [9.17, 15) is 29.1 Å². The average Bonchev–Trinajstić information content (AvgIpc) is 3.75. The second-order valence-corrected chi connectivity index (χ2v) is 14.1. The molecule has 2 aliphatic carbocycles. The van der Waals surface area contributed by atoms with Gasteiger partial charge in [0.2, 0.25) is 17.9 Å². The van der Waals surface area contributed by atoms with Crippen molar-refractivity contribution in [3.05, 3.63) is 88.5 Å². The fourth-order valence-electron chi connectivity index (χ4n) is 6.87. The molecule has 2 aliphatic heterocycles. The van der Waals surface area contributed by atoms with Crippen LogP contribution in [0.3, 0.4) is 0 Å². The average molecular weight is 719 g/mol. The molecule has 4 N–H and O–H groups in total. The zero-order chi connectivity index (χ0) is 37.2. The Labute approximate surface area is 300 Å². The number of benzene rings is 2. The van der Waals surface area contributed by atoms with Crippen LogP contribution in [0.15, 0.2) is 66.3 Å². The van der Waals surface area contributed by atoms with Crippen LogP contribution < -0.4 is 10.6 Å². The Hall–Kier alpha value is -4.89. The minimum atomic E-state index is -1.33. The normalized spacial score (nSPS) is 25.0. The van der Waals surface area contributed by atoms with E-state index < -0.39 is 77.5 Å². The van der Waals surface area contributed by atoms with Crippen molar-refractivity contribution in [1.29, 1.82) is 0 Å². The van der Waals surface area contributed by atoms with Gasteiger partial charge in [0.05, 0.1) is 18.3 Å². The Morgan fingerprint density at radius 2 is 1.71 bits per heavy atom. The number of nitrogens with one attached hydrogen (secondary N) is 2. The van der Waals surface area contributed by atoms with Crippen molar-refractivity contribution in [2.75, 3.05) is 19.8 Å². The molecule has 2 aromatic rings. The van der Waals surface area contributed by atoms with Crippen molar-refractivity contribution in [2.45, 2.75) is 82.4 Å². The molecule has 0 saturated carbocycles. The van der Waals surface area contributed by atoms with Gasteiger partial charge in [0.25, 0.3) is 0 Å². The second kappa shape index (κ2) is 15.0. The van der Waals surface area contributed by atoms with Gasteiger partial charge in [0.1, 0.15) is 31.0 Å². The molecule has 2 fully saturated rings. The quantitative estimate of drug-likeness (QED) is 0.148. The van der Waals surface area contributed by atoms with E-state index in [2.05, 4.69) is 10.6 Å². The van der Waals surface area contributed by atoms with Gasteiger partial charge >= 0.3 is 17.9 Å². The number of carbonyl (C=O) groups excluding carboxylic acids is 5. The molecule has 2 amide bonds. The first kappa shape index (κ1) is 36.9. The lowest BCUT2D eigenvalue weighted by Gasteiger charge is -2.31. The topological polar surface area (TPSA) is 196 Å². The first-order chi connectivity index (χ1) is 24.8. The summed E-state index contributed by atoms with van der Waals surface area (Å²) in [7, 11) is 0. The van der Waals surface area contributed by atoms with Crippen LogP contribution in [-0.4, -0.2) is 102 Å². The summed E-state index contributed by atoms with van der Waals surface area (Å²) < 4.78 is 29.5. The fraction of sp³-hybridized carbons (Fsp3) is 0.447. The van der Waals surface area contributed by atoms with Gasteiger partial charge in [-0.2, -0.15) is 0 Å². The van der Waals surface area contributed by atoms with Gasteiger partial charge in [-0.15, -0.1) is 0 Å². The highest BCUT2D eigenvalue weighted by Crippen LogP contribution is 2.45. The molecule has 14 heteroatoms. The van der Waals surface area contributed by atoms with Gasteiger partial charge in [-0.05, 0) is 41.8 Å². The Morgan fingerprint density at radius 3 is 2.37 bits per heavy atom. The molecule has 4 aliphatic rings. The van der Waals surface area contributed by atoms with Crippen LogP contribution in [-0.2, 0) is 55.7 Å². The van der Waals surface area contributed by atoms with E-state index in [1.54, 1.807) is 38.1 Å². The molecule has 1 spiro atoms. The number of fused-ring (bicyclic) bond motifs is 2. The zero-order valence-electron chi connectivity index (χ0n) is 29.0. The van der Waals surface area contributed by atoms with Crippen molar-refractivity contribution in [1.82, 2.24) is 10.6 Å². The van der Waals surface area contributed by atoms with Crippen LogP contribution in [0, 0.1) is 5.41 Å². The largest absolute Gasteiger partial charge is 0.462 e. The number of hydrogen-bond donors (Lipinski definition) is 4. The number of aliphatic hydroxyl groups is 2. The third-order valence-corrected chi connectivity index (χ3v) is 9.55. The van der Waals surface area contributed by atoms with E-state index in [0.29, 0.717) is 18.4 Å². The Balaban J connectivity index is 1.22. The standard InChI is InChI=1S/C38H42N2O12/c1-21(42)30(34(45)39-14-15-41)40-33(44)25-16-27(31-28(17-25)51-38(52-31)18-23-9-4-5-10-24(23)19-38)49-35(46)26-11-7-6-8-22(26)12-13-29(43)50-32-36(47)48-20-37(32,2)3/h4-13,17,21,27-28,30-32,41-42H,14-16,18-20H2,1-3H3,(H,39,45)(H,40,44). The highest BCUT2D eigenvalue weighted by Gasteiger charge is 2.55. The number of rotatable bonds is 11. The monoisotopic (exact) mass is 718 g/mol. The number of carbonyl (C=O) groups is 5. The lowest BCUT2D eigenvalue weighted by atomic mass is 9.90. The molecule has 6 atom stereocenters. The lowest BCUT2D eigenvalue weighted by Crippen LogP contribution is -2.54. The summed E-state index contributed by atoms with van der Waals surface area (Å²) in [6.45, 7) is 4.58. The van der Waals surface area contributed by atoms with Crippen molar-refractivity contribution < 1.29 is 57.9 Å². The van der Waals surface area contributed by atoms with E-state index in [0.717, 1.165) is 17.2 Å². The molecule has 14 nitrogen and oxygen atoms in total. The van der Waals surface area contributed by atoms with E-state index in [1.807, 2.05) is 24.3 Å². The maximum atomic E-state index is 13.8. The van der Waals surface area contributed by atoms with Gasteiger partial charge in [-0.3, -0.25) is 9.59 Å². The first-order valence-corrected chi connectivity index (χ1v) is 17.1. The summed E-state index contributed by atoms with van der Waals surface area (Å²) in [5.74, 6) is -4.60. The minimum absolute atomic E-state index is 0.0662. The van der Waals surface area contributed by atoms with Gasteiger partial charge in [0, 0.05) is 42.9 Å². The first-order valence-electron chi connectivity index (χ1n) is 17.1.